The van der Waals surface area contributed by atoms with Crippen LogP contribution >= 0.6 is 0 Å². The molecule has 21 heavy (non-hydrogen) atoms. The molecule has 0 atom stereocenters. The minimum Gasteiger partial charge on any atom is -0.375 e. The Morgan fingerprint density at radius 1 is 1.19 bits per heavy atom. The van der Waals surface area contributed by atoms with Gasteiger partial charge in [-0.1, -0.05) is 6.07 Å². The van der Waals surface area contributed by atoms with Gasteiger partial charge in [-0.3, -0.25) is 9.59 Å². The molecular formula is C15H23N3O3. The van der Waals surface area contributed by atoms with E-state index in [1.165, 1.54) is 7.11 Å². The summed E-state index contributed by atoms with van der Waals surface area (Å²) in [7, 11) is 1.45. The molecule has 0 aliphatic carbocycles. The van der Waals surface area contributed by atoms with E-state index < -0.39 is 0 Å². The number of carbonyl (C=O) groups excluding carboxylic acids is 2. The third-order valence-corrected chi connectivity index (χ3v) is 2.70. The first-order valence-corrected chi connectivity index (χ1v) is 6.78. The highest BCUT2D eigenvalue weighted by molar-refractivity contribution is 5.94. The largest absolute Gasteiger partial charge is 0.375 e. The topological polar surface area (TPSA) is 93.5 Å². The fourth-order valence-electron chi connectivity index (χ4n) is 1.66. The molecule has 0 fully saturated rings. The first-order chi connectivity index (χ1) is 9.80. The van der Waals surface area contributed by atoms with Gasteiger partial charge in [-0.2, -0.15) is 0 Å². The minimum absolute atomic E-state index is 0.0117. The second-order valence-corrected chi connectivity index (χ2v) is 5.60. The summed E-state index contributed by atoms with van der Waals surface area (Å²) in [6.07, 6.45) is 0.951. The normalized spacial score (nSPS) is 11.0. The van der Waals surface area contributed by atoms with Crippen molar-refractivity contribution >= 4 is 23.2 Å². The Hall–Kier alpha value is -1.92. The molecule has 0 aliphatic heterocycles. The van der Waals surface area contributed by atoms with E-state index in [-0.39, 0.29) is 24.0 Å². The maximum Gasteiger partial charge on any atom is 0.250 e. The molecule has 1 rings (SSSR count). The number of nitrogens with one attached hydrogen (secondary N) is 2. The van der Waals surface area contributed by atoms with E-state index in [2.05, 4.69) is 10.6 Å². The van der Waals surface area contributed by atoms with Gasteiger partial charge < -0.3 is 21.1 Å². The summed E-state index contributed by atoms with van der Waals surface area (Å²) < 4.78 is 4.74. The Morgan fingerprint density at radius 2 is 1.76 bits per heavy atom. The Labute approximate surface area is 125 Å². The van der Waals surface area contributed by atoms with E-state index in [9.17, 15) is 9.59 Å². The molecule has 2 amide bonds. The van der Waals surface area contributed by atoms with Crippen molar-refractivity contribution in [1.29, 1.82) is 0 Å². The lowest BCUT2D eigenvalue weighted by molar-refractivity contribution is -0.119. The van der Waals surface area contributed by atoms with Crippen molar-refractivity contribution in [2.45, 2.75) is 32.2 Å². The maximum atomic E-state index is 11.8. The third kappa shape index (κ3) is 7.43. The van der Waals surface area contributed by atoms with Crippen LogP contribution in [0.15, 0.2) is 24.3 Å². The number of amides is 2. The molecule has 1 aromatic carbocycles. The van der Waals surface area contributed by atoms with E-state index in [0.717, 1.165) is 0 Å². The first-order valence-electron chi connectivity index (χ1n) is 6.78. The van der Waals surface area contributed by atoms with Crippen molar-refractivity contribution < 1.29 is 14.3 Å². The van der Waals surface area contributed by atoms with E-state index in [1.54, 1.807) is 24.3 Å². The summed E-state index contributed by atoms with van der Waals surface area (Å²) in [5.41, 5.74) is 6.71. The number of methoxy groups -OCH3 is 1. The molecule has 0 bridgehead atoms. The number of rotatable bonds is 7. The first kappa shape index (κ1) is 17.1. The fraction of sp³-hybridized carbons (Fsp3) is 0.467. The van der Waals surface area contributed by atoms with Crippen LogP contribution in [0.25, 0.3) is 0 Å². The molecule has 6 nitrogen and oxygen atoms in total. The lowest BCUT2D eigenvalue weighted by Gasteiger charge is -2.17. The molecule has 1 aromatic rings. The third-order valence-electron chi connectivity index (χ3n) is 2.70. The second-order valence-electron chi connectivity index (χ2n) is 5.60. The van der Waals surface area contributed by atoms with Crippen LogP contribution in [-0.4, -0.2) is 31.1 Å². The Morgan fingerprint density at radius 3 is 2.29 bits per heavy atom. The van der Waals surface area contributed by atoms with Crippen LogP contribution in [0.4, 0.5) is 11.4 Å². The molecule has 0 saturated heterocycles. The zero-order chi connectivity index (χ0) is 15.9. The van der Waals surface area contributed by atoms with Crippen LogP contribution in [0, 0.1) is 0 Å². The zero-order valence-electron chi connectivity index (χ0n) is 12.7. The molecule has 0 heterocycles. The molecule has 0 spiro atoms. The fourth-order valence-corrected chi connectivity index (χ4v) is 1.66. The number of benzene rings is 1. The van der Waals surface area contributed by atoms with Crippen molar-refractivity contribution in [3.05, 3.63) is 24.3 Å². The molecule has 4 N–H and O–H groups in total. The average Bonchev–Trinajstić information content (AvgIpc) is 2.36. The van der Waals surface area contributed by atoms with Gasteiger partial charge in [0.25, 0.3) is 0 Å². The predicted octanol–water partition coefficient (Wildman–Crippen LogP) is 1.73. The summed E-state index contributed by atoms with van der Waals surface area (Å²) in [6, 6.07) is 6.95. The summed E-state index contributed by atoms with van der Waals surface area (Å²) in [5.74, 6) is -0.347. The lowest BCUT2D eigenvalue weighted by atomic mass is 10.00. The smallest absolute Gasteiger partial charge is 0.250 e. The average molecular weight is 293 g/mol. The number of carbonyl (C=O) groups is 2. The highest BCUT2D eigenvalue weighted by Crippen LogP contribution is 2.16. The molecular weight excluding hydrogens is 270 g/mol. The van der Waals surface area contributed by atoms with Crippen molar-refractivity contribution in [3.63, 3.8) is 0 Å². The molecule has 0 saturated carbocycles. The zero-order valence-corrected chi connectivity index (χ0v) is 12.7. The predicted molar refractivity (Wildman–Crippen MR) is 83.1 cm³/mol. The van der Waals surface area contributed by atoms with Gasteiger partial charge in [0.1, 0.15) is 6.61 Å². The Kier molecular flexibility index (Phi) is 6.33. The quantitative estimate of drug-likeness (QED) is 0.713. The van der Waals surface area contributed by atoms with Gasteiger partial charge in [-0.05, 0) is 38.5 Å². The summed E-state index contributed by atoms with van der Waals surface area (Å²) >= 11 is 0. The maximum absolute atomic E-state index is 11.8. The van der Waals surface area contributed by atoms with E-state index in [4.69, 9.17) is 10.5 Å². The number of ether oxygens (including phenoxy) is 1. The molecule has 0 radical (unpaired) electrons. The number of anilines is 2. The molecule has 0 unspecified atom stereocenters. The van der Waals surface area contributed by atoms with Gasteiger partial charge in [-0.25, -0.2) is 0 Å². The van der Waals surface area contributed by atoms with Crippen LogP contribution in [0.3, 0.4) is 0 Å². The van der Waals surface area contributed by atoms with Crippen LogP contribution in [0.5, 0.6) is 0 Å². The van der Waals surface area contributed by atoms with E-state index in [0.29, 0.717) is 24.2 Å². The number of nitrogens with two attached hydrogens (primary N) is 1. The van der Waals surface area contributed by atoms with Gasteiger partial charge in [0.15, 0.2) is 0 Å². The lowest BCUT2D eigenvalue weighted by Crippen LogP contribution is -2.33. The van der Waals surface area contributed by atoms with Gasteiger partial charge in [-0.15, -0.1) is 0 Å². The van der Waals surface area contributed by atoms with Crippen molar-refractivity contribution in [1.82, 2.24) is 0 Å². The number of hydrogen-bond acceptors (Lipinski definition) is 4. The molecule has 0 aromatic heterocycles. The molecule has 116 valence electrons. The monoisotopic (exact) mass is 293 g/mol. The highest BCUT2D eigenvalue weighted by Gasteiger charge is 2.13. The second kappa shape index (κ2) is 7.75. The van der Waals surface area contributed by atoms with Gasteiger partial charge in [0.2, 0.25) is 11.8 Å². The van der Waals surface area contributed by atoms with Gasteiger partial charge in [0.05, 0.1) is 0 Å². The molecule has 6 heteroatoms. The van der Waals surface area contributed by atoms with Gasteiger partial charge in [0, 0.05) is 30.4 Å². The standard InChI is InChI=1S/C15H23N3O3/c1-15(2,16)8-7-13(19)17-11-5-4-6-12(9-11)18-14(20)10-21-3/h4-6,9H,7-8,10,16H2,1-3H3,(H,17,19)(H,18,20). The Balaban J connectivity index is 2.56. The van der Waals surface area contributed by atoms with Crippen molar-refractivity contribution in [2.24, 2.45) is 5.73 Å². The van der Waals surface area contributed by atoms with Crippen LogP contribution in [0.1, 0.15) is 26.7 Å². The SMILES string of the molecule is COCC(=O)Nc1cccc(NC(=O)CCC(C)(C)N)c1. The minimum atomic E-state index is -0.368. The van der Waals surface area contributed by atoms with E-state index >= 15 is 0 Å². The summed E-state index contributed by atoms with van der Waals surface area (Å²) in [5, 5.41) is 5.46. The van der Waals surface area contributed by atoms with Crippen molar-refractivity contribution in [3.8, 4) is 0 Å². The van der Waals surface area contributed by atoms with Gasteiger partial charge >= 0.3 is 0 Å². The van der Waals surface area contributed by atoms with Crippen LogP contribution in [0.2, 0.25) is 0 Å². The van der Waals surface area contributed by atoms with Crippen molar-refractivity contribution in [2.75, 3.05) is 24.4 Å². The number of hydrogen-bond donors (Lipinski definition) is 3. The van der Waals surface area contributed by atoms with Crippen LogP contribution < -0.4 is 16.4 Å². The van der Waals surface area contributed by atoms with E-state index in [1.807, 2.05) is 13.8 Å². The van der Waals surface area contributed by atoms with Crippen LogP contribution in [-0.2, 0) is 14.3 Å². The molecule has 0 aliphatic rings. The highest BCUT2D eigenvalue weighted by atomic mass is 16.5. The Bertz CT molecular complexity index is 495. The summed E-state index contributed by atoms with van der Waals surface area (Å²) in [4.78, 5) is 23.2. The summed E-state index contributed by atoms with van der Waals surface area (Å²) in [6.45, 7) is 3.75.